The second-order valence-electron chi connectivity index (χ2n) is 2.84. The van der Waals surface area contributed by atoms with E-state index < -0.39 is 5.82 Å². The topological polar surface area (TPSA) is 64.9 Å². The van der Waals surface area contributed by atoms with E-state index in [2.05, 4.69) is 10.1 Å². The SMILES string of the molecule is NCc1nc(-c2ccc(F)cc2Cl)no1. The molecule has 0 saturated carbocycles. The van der Waals surface area contributed by atoms with Crippen LogP contribution in [0.3, 0.4) is 0 Å². The van der Waals surface area contributed by atoms with Crippen LogP contribution in [0, 0.1) is 5.82 Å². The zero-order valence-electron chi connectivity index (χ0n) is 7.58. The predicted octanol–water partition coefficient (Wildman–Crippen LogP) is 1.99. The Hall–Kier alpha value is -1.46. The Kier molecular flexibility index (Phi) is 2.66. The molecule has 0 aliphatic rings. The number of nitrogens with two attached hydrogens (primary N) is 1. The van der Waals surface area contributed by atoms with E-state index in [0.717, 1.165) is 0 Å². The molecule has 15 heavy (non-hydrogen) atoms. The van der Waals surface area contributed by atoms with Crippen LogP contribution in [0.4, 0.5) is 4.39 Å². The molecule has 0 aliphatic heterocycles. The summed E-state index contributed by atoms with van der Waals surface area (Å²) in [7, 11) is 0. The highest BCUT2D eigenvalue weighted by molar-refractivity contribution is 6.33. The molecule has 2 N–H and O–H groups in total. The van der Waals surface area contributed by atoms with Gasteiger partial charge in [0.2, 0.25) is 11.7 Å². The normalized spacial score (nSPS) is 10.6. The third-order valence-electron chi connectivity index (χ3n) is 1.81. The van der Waals surface area contributed by atoms with Crippen molar-refractivity contribution >= 4 is 11.6 Å². The van der Waals surface area contributed by atoms with E-state index in [1.54, 1.807) is 0 Å². The molecule has 0 bridgehead atoms. The first kappa shape index (κ1) is 10.1. The molecule has 0 aliphatic carbocycles. The van der Waals surface area contributed by atoms with Gasteiger partial charge in [0.15, 0.2) is 0 Å². The van der Waals surface area contributed by atoms with Crippen LogP contribution >= 0.6 is 11.6 Å². The first-order chi connectivity index (χ1) is 7.20. The fourth-order valence-electron chi connectivity index (χ4n) is 1.12. The second-order valence-corrected chi connectivity index (χ2v) is 3.25. The number of benzene rings is 1. The van der Waals surface area contributed by atoms with E-state index in [4.69, 9.17) is 21.9 Å². The summed E-state index contributed by atoms with van der Waals surface area (Å²) in [6.45, 7) is 0.159. The molecule has 0 fully saturated rings. The standard InChI is InChI=1S/C9H7ClFN3O/c10-7-3-5(11)1-2-6(7)9-13-8(4-12)15-14-9/h1-3H,4,12H2. The highest BCUT2D eigenvalue weighted by Crippen LogP contribution is 2.25. The largest absolute Gasteiger partial charge is 0.338 e. The van der Waals surface area contributed by atoms with E-state index in [-0.39, 0.29) is 11.6 Å². The minimum Gasteiger partial charge on any atom is -0.338 e. The lowest BCUT2D eigenvalue weighted by Crippen LogP contribution is -1.95. The van der Waals surface area contributed by atoms with Crippen LogP contribution in [0.25, 0.3) is 11.4 Å². The van der Waals surface area contributed by atoms with Crippen LogP contribution < -0.4 is 5.73 Å². The fraction of sp³-hybridized carbons (Fsp3) is 0.111. The van der Waals surface area contributed by atoms with Gasteiger partial charge in [0.25, 0.3) is 0 Å². The third-order valence-corrected chi connectivity index (χ3v) is 2.13. The van der Waals surface area contributed by atoms with Gasteiger partial charge in [0.1, 0.15) is 5.82 Å². The zero-order valence-corrected chi connectivity index (χ0v) is 8.33. The van der Waals surface area contributed by atoms with E-state index >= 15 is 0 Å². The van der Waals surface area contributed by atoms with Gasteiger partial charge in [0.05, 0.1) is 11.6 Å². The number of aromatic nitrogens is 2. The summed E-state index contributed by atoms with van der Waals surface area (Å²) in [6.07, 6.45) is 0. The van der Waals surface area contributed by atoms with Gasteiger partial charge in [-0.25, -0.2) is 4.39 Å². The van der Waals surface area contributed by atoms with Crippen LogP contribution in [-0.4, -0.2) is 10.1 Å². The summed E-state index contributed by atoms with van der Waals surface area (Å²) in [4.78, 5) is 3.98. The molecule has 78 valence electrons. The summed E-state index contributed by atoms with van der Waals surface area (Å²) in [5.74, 6) is 0.206. The van der Waals surface area contributed by atoms with Crippen LogP contribution in [0.1, 0.15) is 5.89 Å². The summed E-state index contributed by atoms with van der Waals surface area (Å²) in [6, 6.07) is 3.96. The minimum atomic E-state index is -0.411. The summed E-state index contributed by atoms with van der Waals surface area (Å²) in [5, 5.41) is 3.91. The van der Waals surface area contributed by atoms with Gasteiger partial charge in [-0.3, -0.25) is 0 Å². The Morgan fingerprint density at radius 2 is 2.27 bits per heavy atom. The van der Waals surface area contributed by atoms with Crippen molar-refractivity contribution < 1.29 is 8.91 Å². The van der Waals surface area contributed by atoms with Crippen molar-refractivity contribution in [1.82, 2.24) is 10.1 Å². The highest BCUT2D eigenvalue weighted by Gasteiger charge is 2.11. The number of halogens is 2. The first-order valence-electron chi connectivity index (χ1n) is 4.19. The van der Waals surface area contributed by atoms with E-state index in [1.807, 2.05) is 0 Å². The lowest BCUT2D eigenvalue weighted by Gasteiger charge is -1.97. The molecule has 4 nitrogen and oxygen atoms in total. The van der Waals surface area contributed by atoms with Gasteiger partial charge in [-0.2, -0.15) is 4.98 Å². The van der Waals surface area contributed by atoms with Gasteiger partial charge in [-0.05, 0) is 18.2 Å². The van der Waals surface area contributed by atoms with Gasteiger partial charge in [0, 0.05) is 5.56 Å². The molecule has 0 saturated heterocycles. The molecule has 1 aromatic heterocycles. The van der Waals surface area contributed by atoms with Crippen LogP contribution in [0.2, 0.25) is 5.02 Å². The molecule has 0 radical (unpaired) electrons. The lowest BCUT2D eigenvalue weighted by molar-refractivity contribution is 0.380. The van der Waals surface area contributed by atoms with Crippen molar-refractivity contribution in [3.63, 3.8) is 0 Å². The molecular weight excluding hydrogens is 221 g/mol. The average Bonchev–Trinajstić information content (AvgIpc) is 2.66. The molecule has 0 spiro atoms. The molecule has 2 rings (SSSR count). The van der Waals surface area contributed by atoms with Crippen molar-refractivity contribution in [1.29, 1.82) is 0 Å². The molecule has 6 heteroatoms. The summed E-state index contributed by atoms with van der Waals surface area (Å²) >= 11 is 5.82. The maximum atomic E-state index is 12.8. The smallest absolute Gasteiger partial charge is 0.240 e. The van der Waals surface area contributed by atoms with Crippen LogP contribution in [-0.2, 0) is 6.54 Å². The quantitative estimate of drug-likeness (QED) is 0.852. The van der Waals surface area contributed by atoms with Gasteiger partial charge in [-0.1, -0.05) is 16.8 Å². The Morgan fingerprint density at radius 1 is 1.47 bits per heavy atom. The van der Waals surface area contributed by atoms with Crippen molar-refractivity contribution in [2.24, 2.45) is 5.73 Å². The van der Waals surface area contributed by atoms with Crippen LogP contribution in [0.15, 0.2) is 22.7 Å². The van der Waals surface area contributed by atoms with Crippen molar-refractivity contribution in [3.05, 3.63) is 34.9 Å². The number of hydrogen-bond acceptors (Lipinski definition) is 4. The minimum absolute atomic E-state index is 0.159. The van der Waals surface area contributed by atoms with E-state index in [9.17, 15) is 4.39 Å². The molecular formula is C9H7ClFN3O. The Bertz CT molecular complexity index is 486. The monoisotopic (exact) mass is 227 g/mol. The maximum Gasteiger partial charge on any atom is 0.240 e. The molecule has 0 atom stereocenters. The number of hydrogen-bond donors (Lipinski definition) is 1. The Labute approximate surface area is 89.8 Å². The van der Waals surface area contributed by atoms with Gasteiger partial charge >= 0.3 is 0 Å². The Morgan fingerprint density at radius 3 is 2.87 bits per heavy atom. The number of rotatable bonds is 2. The summed E-state index contributed by atoms with van der Waals surface area (Å²) in [5.41, 5.74) is 5.83. The Balaban J connectivity index is 2.44. The average molecular weight is 228 g/mol. The van der Waals surface area contributed by atoms with E-state index in [0.29, 0.717) is 17.3 Å². The third kappa shape index (κ3) is 1.98. The molecule has 0 amide bonds. The first-order valence-corrected chi connectivity index (χ1v) is 4.56. The highest BCUT2D eigenvalue weighted by atomic mass is 35.5. The molecule has 1 heterocycles. The molecule has 0 unspecified atom stereocenters. The lowest BCUT2D eigenvalue weighted by atomic mass is 10.2. The van der Waals surface area contributed by atoms with Crippen molar-refractivity contribution in [2.45, 2.75) is 6.54 Å². The van der Waals surface area contributed by atoms with Crippen LogP contribution in [0.5, 0.6) is 0 Å². The molecule has 2 aromatic rings. The zero-order chi connectivity index (χ0) is 10.8. The predicted molar refractivity (Wildman–Crippen MR) is 52.6 cm³/mol. The molecule has 1 aromatic carbocycles. The second kappa shape index (κ2) is 3.96. The number of nitrogens with zero attached hydrogens (tertiary/aromatic N) is 2. The van der Waals surface area contributed by atoms with Crippen molar-refractivity contribution in [3.8, 4) is 11.4 Å². The summed E-state index contributed by atoms with van der Waals surface area (Å²) < 4.78 is 17.6. The van der Waals surface area contributed by atoms with Crippen molar-refractivity contribution in [2.75, 3.05) is 0 Å². The van der Waals surface area contributed by atoms with E-state index in [1.165, 1.54) is 18.2 Å². The fourth-order valence-corrected chi connectivity index (χ4v) is 1.37. The maximum absolute atomic E-state index is 12.8. The van der Waals surface area contributed by atoms with Gasteiger partial charge < -0.3 is 10.3 Å². The van der Waals surface area contributed by atoms with Gasteiger partial charge in [-0.15, -0.1) is 0 Å².